The van der Waals surface area contributed by atoms with Gasteiger partial charge < -0.3 is 14.8 Å². The van der Waals surface area contributed by atoms with E-state index in [-0.39, 0.29) is 24.8 Å². The first kappa shape index (κ1) is 25.9. The van der Waals surface area contributed by atoms with Crippen molar-refractivity contribution in [2.45, 2.75) is 38.9 Å². The minimum absolute atomic E-state index is 0. The van der Waals surface area contributed by atoms with Crippen molar-refractivity contribution < 1.29 is 9.47 Å². The van der Waals surface area contributed by atoms with Gasteiger partial charge in [-0.2, -0.15) is 0 Å². The molecule has 0 radical (unpaired) electrons. The van der Waals surface area contributed by atoms with Gasteiger partial charge >= 0.3 is 0 Å². The molecule has 1 saturated heterocycles. The molecule has 1 heterocycles. The number of hydrogen-bond donors (Lipinski definition) is 1. The summed E-state index contributed by atoms with van der Waals surface area (Å²) >= 11 is 6.35. The van der Waals surface area contributed by atoms with Crippen LogP contribution in [0.4, 0.5) is 0 Å². The van der Waals surface area contributed by atoms with Crippen molar-refractivity contribution in [1.82, 2.24) is 10.2 Å². The molecule has 0 atom stereocenters. The normalized spacial score (nSPS) is 14.6. The van der Waals surface area contributed by atoms with E-state index < -0.39 is 0 Å². The average Bonchev–Trinajstić information content (AvgIpc) is 2.68. The first-order chi connectivity index (χ1) is 13.2. The molecule has 162 valence electrons. The Balaban J connectivity index is 0.00000210. The summed E-state index contributed by atoms with van der Waals surface area (Å²) in [5.41, 5.74) is 2.51. The monoisotopic (exact) mass is 460 g/mol. The highest BCUT2D eigenvalue weighted by Crippen LogP contribution is 2.36. The van der Waals surface area contributed by atoms with Crippen LogP contribution in [0.1, 0.15) is 30.9 Å². The van der Waals surface area contributed by atoms with Crippen LogP contribution in [0.15, 0.2) is 42.5 Å². The van der Waals surface area contributed by atoms with Crippen molar-refractivity contribution in [2.24, 2.45) is 0 Å². The third-order valence-electron chi connectivity index (χ3n) is 5.00. The van der Waals surface area contributed by atoms with Crippen LogP contribution in [0.25, 0.3) is 0 Å². The fourth-order valence-electron chi connectivity index (χ4n) is 3.58. The van der Waals surface area contributed by atoms with Gasteiger partial charge in [0.05, 0.1) is 18.7 Å². The number of piperidine rings is 1. The van der Waals surface area contributed by atoms with Crippen LogP contribution < -0.4 is 14.8 Å². The number of benzene rings is 2. The molecule has 0 aromatic heterocycles. The lowest BCUT2D eigenvalue weighted by atomic mass is 10.0. The van der Waals surface area contributed by atoms with Gasteiger partial charge in [-0.1, -0.05) is 41.9 Å². The molecule has 0 unspecified atom stereocenters. The maximum atomic E-state index is 6.35. The van der Waals surface area contributed by atoms with E-state index in [2.05, 4.69) is 40.5 Å². The van der Waals surface area contributed by atoms with Gasteiger partial charge in [-0.25, -0.2) is 0 Å². The molecular formula is C22H31Cl3N2O2. The molecule has 0 spiro atoms. The predicted molar refractivity (Wildman–Crippen MR) is 125 cm³/mol. The Morgan fingerprint density at radius 1 is 1.07 bits per heavy atom. The molecule has 29 heavy (non-hydrogen) atoms. The van der Waals surface area contributed by atoms with E-state index in [0.717, 1.165) is 44.6 Å². The van der Waals surface area contributed by atoms with Crippen molar-refractivity contribution >= 4 is 36.4 Å². The van der Waals surface area contributed by atoms with E-state index >= 15 is 0 Å². The standard InChI is InChI=1S/C22H29ClN2O2.2ClH/c1-3-27-21-14-18(13-20(23)22(21)26-2)15-24-19-9-11-25(12-10-19)16-17-7-5-4-6-8-17;;/h4-8,13-14,19,24H,3,9-12,15-16H2,1-2H3;2*1H. The van der Waals surface area contributed by atoms with E-state index in [0.29, 0.717) is 29.2 Å². The van der Waals surface area contributed by atoms with Gasteiger partial charge in [0.1, 0.15) is 0 Å². The summed E-state index contributed by atoms with van der Waals surface area (Å²) in [4.78, 5) is 2.53. The summed E-state index contributed by atoms with van der Waals surface area (Å²) in [6.45, 7) is 6.62. The fraction of sp³-hybridized carbons (Fsp3) is 0.455. The molecule has 2 aromatic carbocycles. The molecule has 2 aromatic rings. The van der Waals surface area contributed by atoms with Gasteiger partial charge in [-0.3, -0.25) is 4.90 Å². The minimum atomic E-state index is 0. The Bertz CT molecular complexity index is 723. The molecule has 0 bridgehead atoms. The highest BCUT2D eigenvalue weighted by atomic mass is 35.5. The first-order valence-electron chi connectivity index (χ1n) is 9.68. The zero-order valence-corrected chi connectivity index (χ0v) is 19.4. The van der Waals surface area contributed by atoms with Gasteiger partial charge in [-0.15, -0.1) is 24.8 Å². The number of rotatable bonds is 8. The van der Waals surface area contributed by atoms with Gasteiger partial charge in [0.25, 0.3) is 0 Å². The number of nitrogens with one attached hydrogen (secondary N) is 1. The fourth-order valence-corrected chi connectivity index (χ4v) is 3.89. The molecule has 4 nitrogen and oxygen atoms in total. The van der Waals surface area contributed by atoms with E-state index in [1.807, 2.05) is 19.1 Å². The second-order valence-electron chi connectivity index (χ2n) is 6.96. The molecule has 1 aliphatic rings. The van der Waals surface area contributed by atoms with Crippen LogP contribution in [0.3, 0.4) is 0 Å². The van der Waals surface area contributed by atoms with Crippen LogP contribution in [0.5, 0.6) is 11.5 Å². The quantitative estimate of drug-likeness (QED) is 0.575. The Morgan fingerprint density at radius 2 is 1.76 bits per heavy atom. The third-order valence-corrected chi connectivity index (χ3v) is 5.29. The maximum Gasteiger partial charge on any atom is 0.179 e. The van der Waals surface area contributed by atoms with E-state index in [1.54, 1.807) is 7.11 Å². The number of likely N-dealkylation sites (tertiary alicyclic amines) is 1. The van der Waals surface area contributed by atoms with Crippen molar-refractivity contribution in [3.05, 3.63) is 58.6 Å². The summed E-state index contributed by atoms with van der Waals surface area (Å²) in [7, 11) is 1.62. The van der Waals surface area contributed by atoms with E-state index in [9.17, 15) is 0 Å². The van der Waals surface area contributed by atoms with E-state index in [1.165, 1.54) is 5.56 Å². The Labute approximate surface area is 191 Å². The Kier molecular flexibility index (Phi) is 11.8. The van der Waals surface area contributed by atoms with Crippen molar-refractivity contribution in [3.63, 3.8) is 0 Å². The minimum Gasteiger partial charge on any atom is -0.491 e. The third kappa shape index (κ3) is 7.54. The van der Waals surface area contributed by atoms with Crippen LogP contribution in [-0.2, 0) is 13.1 Å². The smallest absolute Gasteiger partial charge is 0.179 e. The number of methoxy groups -OCH3 is 1. The van der Waals surface area contributed by atoms with Gasteiger partial charge in [0.15, 0.2) is 11.5 Å². The summed E-state index contributed by atoms with van der Waals surface area (Å²) in [6, 6.07) is 15.2. The Hall–Kier alpha value is -1.17. The number of halogens is 3. The second kappa shape index (κ2) is 13.2. The summed E-state index contributed by atoms with van der Waals surface area (Å²) in [5, 5.41) is 4.27. The first-order valence-corrected chi connectivity index (χ1v) is 10.1. The van der Waals surface area contributed by atoms with Gasteiger partial charge in [0.2, 0.25) is 0 Å². The lowest BCUT2D eigenvalue weighted by Gasteiger charge is -2.32. The van der Waals surface area contributed by atoms with Crippen molar-refractivity contribution in [2.75, 3.05) is 26.8 Å². The topological polar surface area (TPSA) is 33.7 Å². The molecule has 7 heteroatoms. The molecule has 0 aliphatic carbocycles. The number of hydrogen-bond acceptors (Lipinski definition) is 4. The largest absolute Gasteiger partial charge is 0.491 e. The Morgan fingerprint density at radius 3 is 2.38 bits per heavy atom. The molecular weight excluding hydrogens is 431 g/mol. The second-order valence-corrected chi connectivity index (χ2v) is 7.37. The number of nitrogens with zero attached hydrogens (tertiary/aromatic N) is 1. The molecule has 3 rings (SSSR count). The van der Waals surface area contributed by atoms with Gasteiger partial charge in [0, 0.05) is 19.1 Å². The molecule has 1 N–H and O–H groups in total. The molecule has 1 fully saturated rings. The highest BCUT2D eigenvalue weighted by Gasteiger charge is 2.19. The zero-order valence-electron chi connectivity index (χ0n) is 17.0. The summed E-state index contributed by atoms with van der Waals surface area (Å²) < 4.78 is 11.0. The van der Waals surface area contributed by atoms with Crippen LogP contribution in [0, 0.1) is 0 Å². The average molecular weight is 462 g/mol. The highest BCUT2D eigenvalue weighted by molar-refractivity contribution is 6.32. The molecule has 1 aliphatic heterocycles. The molecule has 0 amide bonds. The SMILES string of the molecule is CCOc1cc(CNC2CCN(Cc3ccccc3)CC2)cc(Cl)c1OC.Cl.Cl. The lowest BCUT2D eigenvalue weighted by molar-refractivity contribution is 0.190. The van der Waals surface area contributed by atoms with Crippen molar-refractivity contribution in [1.29, 1.82) is 0 Å². The predicted octanol–water partition coefficient (Wildman–Crippen LogP) is 5.35. The van der Waals surface area contributed by atoms with Gasteiger partial charge in [-0.05, 0) is 56.1 Å². The maximum absolute atomic E-state index is 6.35. The van der Waals surface area contributed by atoms with Crippen molar-refractivity contribution in [3.8, 4) is 11.5 Å². The van der Waals surface area contributed by atoms with Crippen LogP contribution in [-0.4, -0.2) is 37.7 Å². The summed E-state index contributed by atoms with van der Waals surface area (Å²) in [6.07, 6.45) is 2.32. The zero-order chi connectivity index (χ0) is 19.1. The van der Waals surface area contributed by atoms with E-state index in [4.69, 9.17) is 21.1 Å². The number of ether oxygens (including phenoxy) is 2. The molecule has 0 saturated carbocycles. The van der Waals surface area contributed by atoms with Crippen LogP contribution >= 0.6 is 36.4 Å². The lowest BCUT2D eigenvalue weighted by Crippen LogP contribution is -2.41. The summed E-state index contributed by atoms with van der Waals surface area (Å²) in [5.74, 6) is 1.32. The van der Waals surface area contributed by atoms with Crippen LogP contribution in [0.2, 0.25) is 5.02 Å².